The second-order valence-electron chi connectivity index (χ2n) is 6.83. The standard InChI is InChI=1S/C15H31N6O6/c1-17(25)13(22)10-19-6-4-16-5-7-20(9-8-19)11-15(24)21(3,27)12-14(23)18(2)26/h16,25-27H,4-12H2,1-3H3/q+1. The number of nitrogens with one attached hydrogen (secondary N) is 1. The molecule has 1 heterocycles. The molecule has 1 fully saturated rings. The van der Waals surface area contributed by atoms with Gasteiger partial charge in [0.05, 0.1) is 6.54 Å². The van der Waals surface area contributed by atoms with Gasteiger partial charge >= 0.3 is 11.8 Å². The number of nitrogens with zero attached hydrogens (tertiary/aromatic N) is 5. The van der Waals surface area contributed by atoms with Crippen molar-refractivity contribution in [2.45, 2.75) is 0 Å². The summed E-state index contributed by atoms with van der Waals surface area (Å²) in [5, 5.41) is 32.6. The highest BCUT2D eigenvalue weighted by Crippen LogP contribution is 2.03. The van der Waals surface area contributed by atoms with Crippen molar-refractivity contribution in [3.8, 4) is 0 Å². The molecule has 3 amide bonds. The zero-order valence-corrected chi connectivity index (χ0v) is 16.2. The Labute approximate surface area is 158 Å². The Balaban J connectivity index is 2.65. The molecule has 12 heteroatoms. The highest BCUT2D eigenvalue weighted by atomic mass is 16.6. The quantitative estimate of drug-likeness (QED) is 0.216. The maximum Gasteiger partial charge on any atom is 0.359 e. The highest BCUT2D eigenvalue weighted by molar-refractivity contribution is 5.79. The molecule has 1 unspecified atom stereocenters. The van der Waals surface area contributed by atoms with Crippen molar-refractivity contribution in [1.82, 2.24) is 25.2 Å². The SMILES string of the molecule is CN(O)C(=O)CN1CCNCCN(CC(=O)[N+](C)(O)CC(=O)N(C)O)CC1. The van der Waals surface area contributed by atoms with Crippen molar-refractivity contribution in [2.24, 2.45) is 0 Å². The molecule has 1 rings (SSSR count). The smallest absolute Gasteiger partial charge is 0.314 e. The van der Waals surface area contributed by atoms with Crippen LogP contribution in [0.15, 0.2) is 0 Å². The monoisotopic (exact) mass is 391 g/mol. The molecular formula is C15H31N6O6+. The molecule has 0 aliphatic carbocycles. The van der Waals surface area contributed by atoms with Gasteiger partial charge in [-0.3, -0.25) is 29.8 Å². The van der Waals surface area contributed by atoms with Crippen LogP contribution in [0.2, 0.25) is 0 Å². The molecule has 1 aliphatic heterocycles. The largest absolute Gasteiger partial charge is 0.359 e. The van der Waals surface area contributed by atoms with Gasteiger partial charge in [0.2, 0.25) is 0 Å². The second-order valence-corrected chi connectivity index (χ2v) is 6.83. The first-order chi connectivity index (χ1) is 12.5. The fourth-order valence-corrected chi connectivity index (χ4v) is 2.51. The summed E-state index contributed by atoms with van der Waals surface area (Å²) in [4.78, 5) is 39.4. The van der Waals surface area contributed by atoms with Crippen LogP contribution in [0.1, 0.15) is 0 Å². The van der Waals surface area contributed by atoms with Gasteiger partial charge in [-0.05, 0) is 0 Å². The molecule has 0 spiro atoms. The lowest BCUT2D eigenvalue weighted by atomic mass is 10.3. The molecule has 1 aliphatic rings. The van der Waals surface area contributed by atoms with Crippen molar-refractivity contribution >= 4 is 17.7 Å². The van der Waals surface area contributed by atoms with Crippen molar-refractivity contribution in [1.29, 1.82) is 0 Å². The summed E-state index contributed by atoms with van der Waals surface area (Å²) in [7, 11) is 3.59. The van der Waals surface area contributed by atoms with E-state index in [9.17, 15) is 24.8 Å². The molecule has 0 radical (unpaired) electrons. The van der Waals surface area contributed by atoms with Crippen LogP contribution in [0.4, 0.5) is 0 Å². The van der Waals surface area contributed by atoms with Gasteiger partial charge in [-0.2, -0.15) is 0 Å². The third-order valence-corrected chi connectivity index (χ3v) is 4.36. The minimum atomic E-state index is -1.16. The van der Waals surface area contributed by atoms with Crippen LogP contribution in [0.5, 0.6) is 0 Å². The average molecular weight is 391 g/mol. The lowest BCUT2D eigenvalue weighted by molar-refractivity contribution is -1.02. The van der Waals surface area contributed by atoms with Crippen LogP contribution in [-0.2, 0) is 14.4 Å². The Morgan fingerprint density at radius 3 is 1.89 bits per heavy atom. The maximum atomic E-state index is 12.4. The number of likely N-dealkylation sites (N-methyl/N-ethyl adjacent to an activating group) is 3. The summed E-state index contributed by atoms with van der Waals surface area (Å²) in [6.45, 7) is 2.85. The van der Waals surface area contributed by atoms with Crippen LogP contribution in [-0.4, -0.2) is 138 Å². The molecule has 1 atom stereocenters. The number of hydrogen-bond donors (Lipinski definition) is 4. The van der Waals surface area contributed by atoms with Crippen molar-refractivity contribution < 1.29 is 34.7 Å². The molecule has 0 aromatic rings. The predicted octanol–water partition coefficient (Wildman–Crippen LogP) is -2.75. The average Bonchev–Trinajstić information content (AvgIpc) is 2.67. The van der Waals surface area contributed by atoms with Crippen molar-refractivity contribution in [2.75, 3.05) is 80.0 Å². The summed E-state index contributed by atoms with van der Waals surface area (Å²) < 4.78 is -1.16. The van der Waals surface area contributed by atoms with E-state index in [1.165, 1.54) is 14.1 Å². The third-order valence-electron chi connectivity index (χ3n) is 4.36. The Kier molecular flexibility index (Phi) is 9.18. The van der Waals surface area contributed by atoms with Gasteiger partial charge in [0.15, 0.2) is 6.54 Å². The van der Waals surface area contributed by atoms with E-state index in [0.717, 1.165) is 7.05 Å². The fourth-order valence-electron chi connectivity index (χ4n) is 2.51. The molecule has 0 saturated carbocycles. The molecule has 27 heavy (non-hydrogen) atoms. The van der Waals surface area contributed by atoms with Gasteiger partial charge in [0, 0.05) is 53.4 Å². The Hall–Kier alpha value is -1.67. The number of hydrogen-bond acceptors (Lipinski definition) is 9. The minimum Gasteiger partial charge on any atom is -0.314 e. The van der Waals surface area contributed by atoms with Gasteiger partial charge in [-0.1, -0.05) is 0 Å². The van der Waals surface area contributed by atoms with E-state index in [4.69, 9.17) is 5.21 Å². The van der Waals surface area contributed by atoms with Gasteiger partial charge in [-0.15, -0.1) is 4.65 Å². The zero-order chi connectivity index (χ0) is 20.6. The highest BCUT2D eigenvalue weighted by Gasteiger charge is 2.35. The van der Waals surface area contributed by atoms with Crippen molar-refractivity contribution in [3.63, 3.8) is 0 Å². The Morgan fingerprint density at radius 2 is 1.41 bits per heavy atom. The van der Waals surface area contributed by atoms with E-state index in [0.29, 0.717) is 49.4 Å². The summed E-state index contributed by atoms with van der Waals surface area (Å²) >= 11 is 0. The first-order valence-electron chi connectivity index (χ1n) is 8.71. The normalized spacial score (nSPS) is 19.3. The number of carbonyl (C=O) groups excluding carboxylic acids is 3. The number of quaternary nitrogens is 1. The second kappa shape index (κ2) is 10.6. The minimum absolute atomic E-state index is 0.0571. The number of hydroxylamine groups is 7. The first-order valence-corrected chi connectivity index (χ1v) is 8.71. The lowest BCUT2D eigenvalue weighted by Gasteiger charge is -2.28. The molecule has 156 valence electrons. The molecule has 0 aromatic heterocycles. The summed E-state index contributed by atoms with van der Waals surface area (Å²) in [5.74, 6) is -1.79. The van der Waals surface area contributed by atoms with Crippen molar-refractivity contribution in [3.05, 3.63) is 0 Å². The van der Waals surface area contributed by atoms with E-state index in [1.807, 2.05) is 9.80 Å². The molecule has 1 saturated heterocycles. The van der Waals surface area contributed by atoms with Crippen LogP contribution in [0.3, 0.4) is 0 Å². The predicted molar refractivity (Wildman–Crippen MR) is 92.7 cm³/mol. The maximum absolute atomic E-state index is 12.4. The number of carbonyl (C=O) groups is 3. The van der Waals surface area contributed by atoms with Gasteiger partial charge < -0.3 is 5.32 Å². The first kappa shape index (κ1) is 23.4. The van der Waals surface area contributed by atoms with Gasteiger partial charge in [0.1, 0.15) is 13.6 Å². The van der Waals surface area contributed by atoms with Gasteiger partial charge in [0.25, 0.3) is 5.91 Å². The van der Waals surface area contributed by atoms with E-state index in [-0.39, 0.29) is 13.1 Å². The number of rotatable bonds is 6. The molecular weight excluding hydrogens is 360 g/mol. The van der Waals surface area contributed by atoms with Crippen LogP contribution in [0.25, 0.3) is 0 Å². The topological polar surface area (TPSA) is 137 Å². The number of amides is 3. The molecule has 0 aromatic carbocycles. The molecule has 12 nitrogen and oxygen atoms in total. The van der Waals surface area contributed by atoms with E-state index in [2.05, 4.69) is 5.32 Å². The van der Waals surface area contributed by atoms with Crippen LogP contribution in [0, 0.1) is 0 Å². The zero-order valence-electron chi connectivity index (χ0n) is 16.2. The Bertz CT molecular complexity index is 527. The van der Waals surface area contributed by atoms with E-state index < -0.39 is 28.9 Å². The van der Waals surface area contributed by atoms with E-state index >= 15 is 0 Å². The summed E-state index contributed by atoms with van der Waals surface area (Å²) in [5.41, 5.74) is 0. The summed E-state index contributed by atoms with van der Waals surface area (Å²) in [6, 6.07) is 0. The Morgan fingerprint density at radius 1 is 0.926 bits per heavy atom. The lowest BCUT2D eigenvalue weighted by Crippen LogP contribution is -2.55. The van der Waals surface area contributed by atoms with E-state index in [1.54, 1.807) is 0 Å². The van der Waals surface area contributed by atoms with Crippen LogP contribution < -0.4 is 5.32 Å². The fraction of sp³-hybridized carbons (Fsp3) is 0.800. The molecule has 0 bridgehead atoms. The molecule has 4 N–H and O–H groups in total. The third kappa shape index (κ3) is 8.26. The van der Waals surface area contributed by atoms with Gasteiger partial charge in [-0.25, -0.2) is 20.1 Å². The van der Waals surface area contributed by atoms with Crippen LogP contribution >= 0.6 is 0 Å². The summed E-state index contributed by atoms with van der Waals surface area (Å²) in [6.07, 6.45) is 0.